The zero-order chi connectivity index (χ0) is 15.2. The van der Waals surface area contributed by atoms with E-state index in [1.807, 2.05) is 0 Å². The van der Waals surface area contributed by atoms with Crippen LogP contribution in [0.3, 0.4) is 0 Å². The van der Waals surface area contributed by atoms with E-state index < -0.39 is 5.97 Å². The number of carboxylic acids is 1. The number of anilines is 2. The summed E-state index contributed by atoms with van der Waals surface area (Å²) < 4.78 is 0. The van der Waals surface area contributed by atoms with Crippen LogP contribution in [0.5, 0.6) is 0 Å². The van der Waals surface area contributed by atoms with Gasteiger partial charge in [-0.25, -0.2) is 14.8 Å². The summed E-state index contributed by atoms with van der Waals surface area (Å²) in [6.45, 7) is 1.71. The van der Waals surface area contributed by atoms with Crippen molar-refractivity contribution in [1.82, 2.24) is 9.97 Å². The number of rotatable bonds is 5. The lowest BCUT2D eigenvalue weighted by atomic mass is 10.2. The monoisotopic (exact) mass is 286 g/mol. The van der Waals surface area contributed by atoms with Gasteiger partial charge in [0.1, 0.15) is 11.9 Å². The minimum atomic E-state index is -1.06. The van der Waals surface area contributed by atoms with Gasteiger partial charge in [0.25, 0.3) is 0 Å². The molecule has 21 heavy (non-hydrogen) atoms. The van der Waals surface area contributed by atoms with Gasteiger partial charge in [0.15, 0.2) is 0 Å². The van der Waals surface area contributed by atoms with Crippen molar-refractivity contribution in [3.63, 3.8) is 0 Å². The molecular formula is C14H14N4O3. The molecule has 0 fully saturated rings. The number of carbonyl (C=O) groups excluding carboxylic acids is 1. The van der Waals surface area contributed by atoms with Gasteiger partial charge in [-0.05, 0) is 24.3 Å². The minimum Gasteiger partial charge on any atom is -0.478 e. The second-order valence-corrected chi connectivity index (χ2v) is 4.30. The maximum absolute atomic E-state index is 11.0. The molecule has 0 aliphatic rings. The zero-order valence-electron chi connectivity index (χ0n) is 11.3. The number of hydrogen-bond acceptors (Lipinski definition) is 5. The molecule has 1 aromatic carbocycles. The molecule has 0 atom stereocenters. The third kappa shape index (κ3) is 4.00. The molecule has 0 saturated carbocycles. The SMILES string of the molecule is CC(=O)Nc1ccc(NCc2ncncc2C(=O)O)cc1. The maximum atomic E-state index is 11.0. The Morgan fingerprint density at radius 1 is 1.19 bits per heavy atom. The van der Waals surface area contributed by atoms with Crippen molar-refractivity contribution in [3.05, 3.63) is 48.0 Å². The number of carbonyl (C=O) groups is 2. The summed E-state index contributed by atoms with van der Waals surface area (Å²) in [5.41, 5.74) is 1.96. The third-order valence-electron chi connectivity index (χ3n) is 2.69. The molecule has 108 valence electrons. The van der Waals surface area contributed by atoms with Crippen molar-refractivity contribution in [2.45, 2.75) is 13.5 Å². The molecule has 0 bridgehead atoms. The molecule has 0 aliphatic carbocycles. The fraction of sp³-hybridized carbons (Fsp3) is 0.143. The number of benzene rings is 1. The van der Waals surface area contributed by atoms with Crippen LogP contribution in [-0.2, 0) is 11.3 Å². The lowest BCUT2D eigenvalue weighted by Gasteiger charge is -2.09. The van der Waals surface area contributed by atoms with Crippen LogP contribution in [0.2, 0.25) is 0 Å². The van der Waals surface area contributed by atoms with Crippen LogP contribution >= 0.6 is 0 Å². The Morgan fingerprint density at radius 3 is 2.48 bits per heavy atom. The first-order valence-corrected chi connectivity index (χ1v) is 6.20. The van der Waals surface area contributed by atoms with E-state index in [0.29, 0.717) is 11.4 Å². The van der Waals surface area contributed by atoms with Gasteiger partial charge in [-0.3, -0.25) is 4.79 Å². The second kappa shape index (κ2) is 6.47. The molecule has 7 heteroatoms. The normalized spacial score (nSPS) is 9.95. The van der Waals surface area contributed by atoms with E-state index in [0.717, 1.165) is 5.69 Å². The van der Waals surface area contributed by atoms with Crippen molar-refractivity contribution in [2.75, 3.05) is 10.6 Å². The molecule has 7 nitrogen and oxygen atoms in total. The van der Waals surface area contributed by atoms with Gasteiger partial charge in [0, 0.05) is 24.5 Å². The first-order chi connectivity index (χ1) is 10.1. The van der Waals surface area contributed by atoms with E-state index >= 15 is 0 Å². The average Bonchev–Trinajstić information content (AvgIpc) is 2.46. The van der Waals surface area contributed by atoms with Gasteiger partial charge in [0.2, 0.25) is 5.91 Å². The maximum Gasteiger partial charge on any atom is 0.339 e. The quantitative estimate of drug-likeness (QED) is 0.773. The number of nitrogens with zero attached hydrogens (tertiary/aromatic N) is 2. The highest BCUT2D eigenvalue weighted by Crippen LogP contribution is 2.15. The number of aromatic carboxylic acids is 1. The van der Waals surface area contributed by atoms with E-state index in [2.05, 4.69) is 20.6 Å². The third-order valence-corrected chi connectivity index (χ3v) is 2.69. The lowest BCUT2D eigenvalue weighted by molar-refractivity contribution is -0.114. The Balaban J connectivity index is 2.03. The molecule has 2 rings (SSSR count). The Morgan fingerprint density at radius 2 is 1.86 bits per heavy atom. The van der Waals surface area contributed by atoms with Crippen molar-refractivity contribution in [1.29, 1.82) is 0 Å². The summed E-state index contributed by atoms with van der Waals surface area (Å²) in [5, 5.41) is 14.8. The van der Waals surface area contributed by atoms with Crippen molar-refractivity contribution >= 4 is 23.3 Å². The summed E-state index contributed by atoms with van der Waals surface area (Å²) >= 11 is 0. The minimum absolute atomic E-state index is 0.0693. The van der Waals surface area contributed by atoms with Gasteiger partial charge in [0.05, 0.1) is 12.2 Å². The van der Waals surface area contributed by atoms with E-state index in [9.17, 15) is 9.59 Å². The van der Waals surface area contributed by atoms with Crippen LogP contribution < -0.4 is 10.6 Å². The van der Waals surface area contributed by atoms with Crippen LogP contribution in [0.4, 0.5) is 11.4 Å². The van der Waals surface area contributed by atoms with Crippen LogP contribution in [0, 0.1) is 0 Å². The van der Waals surface area contributed by atoms with Gasteiger partial charge >= 0.3 is 5.97 Å². The largest absolute Gasteiger partial charge is 0.478 e. The molecule has 1 aromatic heterocycles. The number of carboxylic acid groups (broad SMARTS) is 1. The summed E-state index contributed by atoms with van der Waals surface area (Å²) in [4.78, 5) is 29.6. The highest BCUT2D eigenvalue weighted by Gasteiger charge is 2.10. The van der Waals surface area contributed by atoms with Crippen LogP contribution in [0.15, 0.2) is 36.8 Å². The predicted octanol–water partition coefficient (Wildman–Crippen LogP) is 1.75. The van der Waals surface area contributed by atoms with Gasteiger partial charge in [-0.15, -0.1) is 0 Å². The molecular weight excluding hydrogens is 272 g/mol. The Bertz CT molecular complexity index is 656. The molecule has 3 N–H and O–H groups in total. The highest BCUT2D eigenvalue weighted by atomic mass is 16.4. The Hall–Kier alpha value is -2.96. The van der Waals surface area contributed by atoms with Crippen LogP contribution in [0.25, 0.3) is 0 Å². The van der Waals surface area contributed by atoms with Gasteiger partial charge in [-0.2, -0.15) is 0 Å². The second-order valence-electron chi connectivity index (χ2n) is 4.30. The van der Waals surface area contributed by atoms with Gasteiger partial charge in [-0.1, -0.05) is 0 Å². The predicted molar refractivity (Wildman–Crippen MR) is 77.1 cm³/mol. The first kappa shape index (κ1) is 14.4. The van der Waals surface area contributed by atoms with E-state index in [1.54, 1.807) is 24.3 Å². The molecule has 0 unspecified atom stereocenters. The lowest BCUT2D eigenvalue weighted by Crippen LogP contribution is -2.10. The van der Waals surface area contributed by atoms with E-state index in [4.69, 9.17) is 5.11 Å². The number of hydrogen-bond donors (Lipinski definition) is 3. The van der Waals surface area contributed by atoms with Crippen molar-refractivity contribution in [3.8, 4) is 0 Å². The zero-order valence-corrected chi connectivity index (χ0v) is 11.3. The summed E-state index contributed by atoms with van der Waals surface area (Å²) in [6, 6.07) is 7.07. The standard InChI is InChI=1S/C14H14N4O3/c1-9(19)18-11-4-2-10(3-5-11)16-7-13-12(14(20)21)6-15-8-17-13/h2-6,8,16H,7H2,1H3,(H,18,19)(H,20,21). The summed E-state index contributed by atoms with van der Waals surface area (Å²) in [6.07, 6.45) is 2.58. The topological polar surface area (TPSA) is 104 Å². The van der Waals surface area contributed by atoms with Crippen molar-refractivity contribution in [2.24, 2.45) is 0 Å². The fourth-order valence-corrected chi connectivity index (χ4v) is 1.73. The van der Waals surface area contributed by atoms with Crippen LogP contribution in [-0.4, -0.2) is 27.0 Å². The molecule has 1 heterocycles. The molecule has 0 aliphatic heterocycles. The molecule has 0 spiro atoms. The molecule has 2 aromatic rings. The average molecular weight is 286 g/mol. The van der Waals surface area contributed by atoms with E-state index in [-0.39, 0.29) is 18.0 Å². The number of amides is 1. The Kier molecular flexibility index (Phi) is 4.45. The smallest absolute Gasteiger partial charge is 0.339 e. The summed E-state index contributed by atoms with van der Waals surface area (Å²) in [7, 11) is 0. The molecule has 0 saturated heterocycles. The number of nitrogens with one attached hydrogen (secondary N) is 2. The fourth-order valence-electron chi connectivity index (χ4n) is 1.73. The summed E-state index contributed by atoms with van der Waals surface area (Å²) in [5.74, 6) is -1.20. The number of aromatic nitrogens is 2. The van der Waals surface area contributed by atoms with Crippen molar-refractivity contribution < 1.29 is 14.7 Å². The highest BCUT2D eigenvalue weighted by molar-refractivity contribution is 5.89. The first-order valence-electron chi connectivity index (χ1n) is 6.20. The molecule has 1 amide bonds. The molecule has 0 radical (unpaired) electrons. The Labute approximate surface area is 121 Å². The van der Waals surface area contributed by atoms with Gasteiger partial charge < -0.3 is 15.7 Å². The van der Waals surface area contributed by atoms with Crippen LogP contribution in [0.1, 0.15) is 23.0 Å². The van der Waals surface area contributed by atoms with E-state index in [1.165, 1.54) is 19.4 Å².